The second-order valence-electron chi connectivity index (χ2n) is 9.77. The van der Waals surface area contributed by atoms with Crippen LogP contribution in [0.2, 0.25) is 0 Å². The monoisotopic (exact) mass is 540 g/mol. The zero-order valence-corrected chi connectivity index (χ0v) is 23.6. The predicted molar refractivity (Wildman–Crippen MR) is 163 cm³/mol. The second-order valence-corrected chi connectivity index (χ2v) is 9.77. The highest BCUT2D eigenvalue weighted by Gasteiger charge is 2.19. The number of anilines is 2. The van der Waals surface area contributed by atoms with Crippen molar-refractivity contribution in [2.24, 2.45) is 10.3 Å². The highest BCUT2D eigenvalue weighted by Crippen LogP contribution is 2.16. The zero-order chi connectivity index (χ0) is 27.8. The first-order valence-electron chi connectivity index (χ1n) is 13.2. The molecule has 2 aliphatic rings. The number of nitrogens with zero attached hydrogens (tertiary/aromatic N) is 6. The van der Waals surface area contributed by atoms with Crippen molar-refractivity contribution in [3.8, 4) is 0 Å². The van der Waals surface area contributed by atoms with E-state index in [-0.39, 0.29) is 13.4 Å². The standard InChI is InChI=1S/C15H21N3O2.C11H16N2.C3H7NO.CH4/c1-13(2)16-20-15(19)12-17-8-10-18(11-9-17)14-6-4-3-5-7-14;1-12-7-9-13(10-8-12)11-5-3-2-4-6-11;1-3(2)4-5;/h3-7H,8-12H2,1-2H3;2-6H,7-10H2,1H3;5H,1-2H3;1H4. The van der Waals surface area contributed by atoms with E-state index < -0.39 is 0 Å². The van der Waals surface area contributed by atoms with Gasteiger partial charge in [-0.3, -0.25) is 4.90 Å². The van der Waals surface area contributed by atoms with E-state index in [4.69, 9.17) is 10.0 Å². The van der Waals surface area contributed by atoms with Crippen LogP contribution in [-0.4, -0.2) is 98.4 Å². The van der Waals surface area contributed by atoms with Crippen LogP contribution < -0.4 is 9.80 Å². The summed E-state index contributed by atoms with van der Waals surface area (Å²) in [5.41, 5.74) is 4.02. The number of hydrogen-bond donors (Lipinski definition) is 1. The molecule has 0 spiro atoms. The third-order valence-corrected chi connectivity index (χ3v) is 6.00. The van der Waals surface area contributed by atoms with Crippen molar-refractivity contribution in [1.29, 1.82) is 0 Å². The molecule has 9 nitrogen and oxygen atoms in total. The number of carbonyl (C=O) groups is 1. The van der Waals surface area contributed by atoms with E-state index in [0.717, 1.165) is 45.0 Å². The van der Waals surface area contributed by atoms with Gasteiger partial charge >= 0.3 is 5.97 Å². The average Bonchev–Trinajstić information content (AvgIpc) is 2.94. The molecule has 0 unspecified atom stereocenters. The first-order chi connectivity index (χ1) is 18.3. The van der Waals surface area contributed by atoms with E-state index in [0.29, 0.717) is 12.3 Å². The number of piperazine rings is 2. The van der Waals surface area contributed by atoms with Gasteiger partial charge in [0.2, 0.25) is 0 Å². The number of likely N-dealkylation sites (N-methyl/N-ethyl adjacent to an activating group) is 1. The van der Waals surface area contributed by atoms with Gasteiger partial charge in [0, 0.05) is 63.7 Å². The molecular weight excluding hydrogens is 492 g/mol. The Morgan fingerprint density at radius 3 is 1.54 bits per heavy atom. The van der Waals surface area contributed by atoms with Crippen LogP contribution in [0, 0.1) is 0 Å². The van der Waals surface area contributed by atoms with Gasteiger partial charge in [-0.05, 0) is 59.0 Å². The maximum Gasteiger partial charge on any atom is 0.348 e. The highest BCUT2D eigenvalue weighted by molar-refractivity contribution is 5.80. The quantitative estimate of drug-likeness (QED) is 0.255. The molecule has 4 rings (SSSR count). The van der Waals surface area contributed by atoms with Crippen molar-refractivity contribution in [2.75, 3.05) is 75.8 Å². The average molecular weight is 541 g/mol. The molecule has 2 aromatic carbocycles. The molecule has 2 aromatic rings. The molecule has 0 amide bonds. The molecule has 2 fully saturated rings. The second kappa shape index (κ2) is 18.8. The molecule has 9 heteroatoms. The molecule has 39 heavy (non-hydrogen) atoms. The van der Waals surface area contributed by atoms with E-state index >= 15 is 0 Å². The van der Waals surface area contributed by atoms with Crippen LogP contribution in [-0.2, 0) is 9.63 Å². The Morgan fingerprint density at radius 1 is 0.744 bits per heavy atom. The molecule has 0 radical (unpaired) electrons. The fourth-order valence-electron chi connectivity index (χ4n) is 3.86. The molecule has 216 valence electrons. The Bertz CT molecular complexity index is 976. The van der Waals surface area contributed by atoms with Gasteiger partial charge in [-0.2, -0.15) is 0 Å². The van der Waals surface area contributed by atoms with Crippen LogP contribution in [0.15, 0.2) is 71.0 Å². The third-order valence-electron chi connectivity index (χ3n) is 6.00. The minimum Gasteiger partial charge on any atom is -0.411 e. The molecule has 1 N–H and O–H groups in total. The van der Waals surface area contributed by atoms with Gasteiger partial charge in [-0.1, -0.05) is 54.1 Å². The lowest BCUT2D eigenvalue weighted by atomic mass is 10.2. The summed E-state index contributed by atoms with van der Waals surface area (Å²) in [5, 5.41) is 14.2. The number of rotatable bonds is 5. The summed E-state index contributed by atoms with van der Waals surface area (Å²) in [4.78, 5) is 25.6. The van der Waals surface area contributed by atoms with Crippen molar-refractivity contribution in [3.63, 3.8) is 0 Å². The van der Waals surface area contributed by atoms with Gasteiger partial charge in [0.25, 0.3) is 0 Å². The van der Waals surface area contributed by atoms with Gasteiger partial charge in [-0.15, -0.1) is 0 Å². The molecular formula is C30H48N6O3. The van der Waals surface area contributed by atoms with Crippen LogP contribution >= 0.6 is 0 Å². The van der Waals surface area contributed by atoms with Crippen molar-refractivity contribution in [3.05, 3.63) is 60.7 Å². The molecule has 0 saturated carbocycles. The number of hydrogen-bond acceptors (Lipinski definition) is 9. The smallest absolute Gasteiger partial charge is 0.348 e. The molecule has 0 aliphatic carbocycles. The van der Waals surface area contributed by atoms with Gasteiger partial charge in [0.15, 0.2) is 0 Å². The molecule has 0 bridgehead atoms. The fourth-order valence-corrected chi connectivity index (χ4v) is 3.86. The molecule has 0 atom stereocenters. The fraction of sp³-hybridized carbons (Fsp3) is 0.500. The Hall–Kier alpha value is -3.43. The molecule has 2 saturated heterocycles. The molecule has 2 heterocycles. The van der Waals surface area contributed by atoms with E-state index in [2.05, 4.69) is 79.4 Å². The number of para-hydroxylation sites is 2. The molecule has 0 aromatic heterocycles. The summed E-state index contributed by atoms with van der Waals surface area (Å²) in [6.45, 7) is 15.6. The van der Waals surface area contributed by atoms with Crippen LogP contribution in [0.5, 0.6) is 0 Å². The summed E-state index contributed by atoms with van der Waals surface area (Å²) >= 11 is 0. The van der Waals surface area contributed by atoms with Crippen molar-refractivity contribution >= 4 is 28.8 Å². The van der Waals surface area contributed by atoms with E-state index in [9.17, 15) is 4.79 Å². The van der Waals surface area contributed by atoms with Crippen LogP contribution in [0.1, 0.15) is 35.1 Å². The van der Waals surface area contributed by atoms with E-state index in [1.54, 1.807) is 27.7 Å². The van der Waals surface area contributed by atoms with Crippen LogP contribution in [0.3, 0.4) is 0 Å². The Labute approximate surface area is 235 Å². The van der Waals surface area contributed by atoms with Crippen LogP contribution in [0.25, 0.3) is 0 Å². The van der Waals surface area contributed by atoms with Gasteiger partial charge < -0.3 is 24.7 Å². The summed E-state index contributed by atoms with van der Waals surface area (Å²) in [7, 11) is 2.18. The largest absolute Gasteiger partial charge is 0.411 e. The lowest BCUT2D eigenvalue weighted by Gasteiger charge is -2.35. The third kappa shape index (κ3) is 13.8. The maximum atomic E-state index is 11.6. The topological polar surface area (TPSA) is 84.2 Å². The Balaban J connectivity index is 0.000000343. The summed E-state index contributed by atoms with van der Waals surface area (Å²) in [6, 6.07) is 21.0. The lowest BCUT2D eigenvalue weighted by Crippen LogP contribution is -2.48. The van der Waals surface area contributed by atoms with Crippen LogP contribution in [0.4, 0.5) is 11.4 Å². The van der Waals surface area contributed by atoms with Gasteiger partial charge in [0.1, 0.15) is 0 Å². The van der Waals surface area contributed by atoms with Gasteiger partial charge in [0.05, 0.1) is 18.0 Å². The minimum absolute atomic E-state index is 0. The van der Waals surface area contributed by atoms with Crippen molar-refractivity contribution in [2.45, 2.75) is 35.1 Å². The number of oxime groups is 2. The Morgan fingerprint density at radius 2 is 1.15 bits per heavy atom. The van der Waals surface area contributed by atoms with Crippen molar-refractivity contribution in [1.82, 2.24) is 9.80 Å². The SMILES string of the molecule is C.CC(C)=NO.CC(C)=NOC(=O)CN1CCN(c2ccccc2)CC1.CN1CCN(c2ccccc2)CC1. The van der Waals surface area contributed by atoms with E-state index in [1.165, 1.54) is 24.5 Å². The zero-order valence-electron chi connectivity index (χ0n) is 23.6. The minimum atomic E-state index is -0.292. The summed E-state index contributed by atoms with van der Waals surface area (Å²) in [5.74, 6) is -0.292. The highest BCUT2D eigenvalue weighted by atomic mass is 16.7. The van der Waals surface area contributed by atoms with Gasteiger partial charge in [-0.25, -0.2) is 4.79 Å². The normalized spacial score (nSPS) is 15.3. The summed E-state index contributed by atoms with van der Waals surface area (Å²) < 4.78 is 0. The first kappa shape index (κ1) is 33.6. The number of benzene rings is 2. The van der Waals surface area contributed by atoms with E-state index in [1.807, 2.05) is 18.2 Å². The first-order valence-corrected chi connectivity index (χ1v) is 13.2. The Kier molecular flexibility index (Phi) is 16.2. The lowest BCUT2D eigenvalue weighted by molar-refractivity contribution is -0.145. The predicted octanol–water partition coefficient (Wildman–Crippen LogP) is 4.68. The number of carbonyl (C=O) groups excluding carboxylic acids is 1. The van der Waals surface area contributed by atoms with Crippen molar-refractivity contribution < 1.29 is 14.8 Å². The molecule has 2 aliphatic heterocycles. The maximum absolute atomic E-state index is 11.6. The summed E-state index contributed by atoms with van der Waals surface area (Å²) in [6.07, 6.45) is 0.